The van der Waals surface area contributed by atoms with Crippen LogP contribution < -0.4 is 14.4 Å². The standard InChI is InChI=1S/C27H29N3O4S/c31-27(28-18-21-10-4-5-11-22(21)19-29-16-8-9-17-29)26-20-30(24-14-6-7-15-25(24)34-26)35(32,33)23-12-2-1-3-13-23/h1-7,10-15,26H,8-9,16-20H2,(H,28,31)/t26-/m1/s1. The molecule has 3 aromatic rings. The predicted octanol–water partition coefficient (Wildman–Crippen LogP) is 3.56. The van der Waals surface area contributed by atoms with Gasteiger partial charge in [0.05, 0.1) is 17.1 Å². The second-order valence-electron chi connectivity index (χ2n) is 8.89. The van der Waals surface area contributed by atoms with Gasteiger partial charge in [-0.05, 0) is 61.3 Å². The number of hydrogen-bond acceptors (Lipinski definition) is 5. The third-order valence-electron chi connectivity index (χ3n) is 6.52. The van der Waals surface area contributed by atoms with Crippen molar-refractivity contribution in [2.24, 2.45) is 0 Å². The van der Waals surface area contributed by atoms with Gasteiger partial charge in [0.15, 0.2) is 6.10 Å². The van der Waals surface area contributed by atoms with Crippen LogP contribution in [-0.4, -0.2) is 45.0 Å². The topological polar surface area (TPSA) is 79.0 Å². The maximum absolute atomic E-state index is 13.4. The van der Waals surface area contributed by atoms with Gasteiger partial charge >= 0.3 is 0 Å². The molecule has 0 spiro atoms. The molecule has 3 aromatic carbocycles. The third-order valence-corrected chi connectivity index (χ3v) is 8.32. The molecule has 2 aliphatic rings. The highest BCUT2D eigenvalue weighted by atomic mass is 32.2. The van der Waals surface area contributed by atoms with E-state index in [1.54, 1.807) is 54.6 Å². The Morgan fingerprint density at radius 2 is 1.54 bits per heavy atom. The second kappa shape index (κ2) is 10.1. The maximum Gasteiger partial charge on any atom is 0.264 e. The smallest absolute Gasteiger partial charge is 0.264 e. The lowest BCUT2D eigenvalue weighted by Gasteiger charge is -2.34. The van der Waals surface area contributed by atoms with Crippen LogP contribution in [0.3, 0.4) is 0 Å². The number of fused-ring (bicyclic) bond motifs is 1. The van der Waals surface area contributed by atoms with Gasteiger partial charge in [-0.25, -0.2) is 8.42 Å². The highest BCUT2D eigenvalue weighted by Gasteiger charge is 2.37. The van der Waals surface area contributed by atoms with Gasteiger partial charge in [0, 0.05) is 13.1 Å². The molecule has 1 N–H and O–H groups in total. The minimum Gasteiger partial charge on any atom is -0.476 e. The Morgan fingerprint density at radius 3 is 2.31 bits per heavy atom. The number of rotatable bonds is 7. The summed E-state index contributed by atoms with van der Waals surface area (Å²) in [6, 6.07) is 23.3. The molecule has 1 fully saturated rings. The molecule has 8 heteroatoms. The number of carbonyl (C=O) groups is 1. The van der Waals surface area contributed by atoms with Crippen molar-refractivity contribution in [2.75, 3.05) is 23.9 Å². The number of amides is 1. The zero-order valence-electron chi connectivity index (χ0n) is 19.5. The molecule has 2 aliphatic heterocycles. The van der Waals surface area contributed by atoms with Crippen molar-refractivity contribution in [1.82, 2.24) is 10.2 Å². The number of ether oxygens (including phenoxy) is 1. The van der Waals surface area contributed by atoms with Crippen molar-refractivity contribution < 1.29 is 17.9 Å². The average molecular weight is 492 g/mol. The van der Waals surface area contributed by atoms with E-state index in [9.17, 15) is 13.2 Å². The molecule has 0 aliphatic carbocycles. The lowest BCUT2D eigenvalue weighted by atomic mass is 10.1. The van der Waals surface area contributed by atoms with E-state index in [0.717, 1.165) is 25.2 Å². The molecule has 0 radical (unpaired) electrons. The molecule has 0 saturated carbocycles. The van der Waals surface area contributed by atoms with Crippen LogP contribution in [0.2, 0.25) is 0 Å². The van der Waals surface area contributed by atoms with Crippen LogP contribution in [0.15, 0.2) is 83.8 Å². The van der Waals surface area contributed by atoms with E-state index in [2.05, 4.69) is 16.3 Å². The molecule has 182 valence electrons. The Balaban J connectivity index is 1.33. The molecule has 1 atom stereocenters. The molecule has 0 unspecified atom stereocenters. The van der Waals surface area contributed by atoms with Crippen molar-refractivity contribution in [2.45, 2.75) is 36.9 Å². The average Bonchev–Trinajstić information content (AvgIpc) is 3.41. The SMILES string of the molecule is O=C(NCc1ccccc1CN1CCCC1)[C@H]1CN(S(=O)(=O)c2ccccc2)c2ccccc2O1. The summed E-state index contributed by atoms with van der Waals surface area (Å²) in [5.41, 5.74) is 2.67. The monoisotopic (exact) mass is 491 g/mol. The quantitative estimate of drug-likeness (QED) is 0.547. The Bertz CT molecular complexity index is 1290. The van der Waals surface area contributed by atoms with Crippen LogP contribution in [0.4, 0.5) is 5.69 Å². The van der Waals surface area contributed by atoms with Crippen LogP contribution in [0.25, 0.3) is 0 Å². The molecule has 2 heterocycles. The zero-order chi connectivity index (χ0) is 24.3. The van der Waals surface area contributed by atoms with Crippen LogP contribution in [-0.2, 0) is 27.9 Å². The summed E-state index contributed by atoms with van der Waals surface area (Å²) in [5, 5.41) is 2.97. The van der Waals surface area contributed by atoms with E-state index < -0.39 is 16.1 Å². The molecule has 1 amide bonds. The number of anilines is 1. The van der Waals surface area contributed by atoms with Gasteiger partial charge in [-0.3, -0.25) is 14.0 Å². The largest absolute Gasteiger partial charge is 0.476 e. The lowest BCUT2D eigenvalue weighted by Crippen LogP contribution is -2.50. The summed E-state index contributed by atoms with van der Waals surface area (Å²) in [6.45, 7) is 3.32. The summed E-state index contributed by atoms with van der Waals surface area (Å²) < 4.78 is 34.1. The molecular weight excluding hydrogens is 462 g/mol. The van der Waals surface area contributed by atoms with Gasteiger partial charge in [-0.2, -0.15) is 0 Å². The number of hydrogen-bond donors (Lipinski definition) is 1. The maximum atomic E-state index is 13.4. The second-order valence-corrected chi connectivity index (χ2v) is 10.8. The number of sulfonamides is 1. The fraction of sp³-hybridized carbons (Fsp3) is 0.296. The Labute approximate surface area is 206 Å². The van der Waals surface area contributed by atoms with Crippen molar-refractivity contribution in [1.29, 1.82) is 0 Å². The van der Waals surface area contributed by atoms with E-state index in [-0.39, 0.29) is 17.3 Å². The van der Waals surface area contributed by atoms with Gasteiger partial charge in [0.25, 0.3) is 15.9 Å². The minimum absolute atomic E-state index is 0.102. The number of nitrogens with one attached hydrogen (secondary N) is 1. The summed E-state index contributed by atoms with van der Waals surface area (Å²) in [7, 11) is -3.86. The summed E-state index contributed by atoms with van der Waals surface area (Å²) in [6.07, 6.45) is 1.48. The van der Waals surface area contributed by atoms with Crippen LogP contribution in [0.5, 0.6) is 5.75 Å². The molecule has 0 aromatic heterocycles. The number of para-hydroxylation sites is 2. The Morgan fingerprint density at radius 1 is 0.886 bits per heavy atom. The zero-order valence-corrected chi connectivity index (χ0v) is 20.3. The normalized spacial score (nSPS) is 18.1. The number of benzene rings is 3. The van der Waals surface area contributed by atoms with Gasteiger partial charge in [0.2, 0.25) is 0 Å². The number of likely N-dealkylation sites (tertiary alicyclic amines) is 1. The fourth-order valence-corrected chi connectivity index (χ4v) is 6.15. The first kappa shape index (κ1) is 23.4. The van der Waals surface area contributed by atoms with Crippen molar-refractivity contribution in [3.8, 4) is 5.75 Å². The van der Waals surface area contributed by atoms with Crippen molar-refractivity contribution in [3.05, 3.63) is 90.0 Å². The van der Waals surface area contributed by atoms with E-state index in [1.807, 2.05) is 18.2 Å². The van der Waals surface area contributed by atoms with Crippen LogP contribution in [0, 0.1) is 0 Å². The summed E-state index contributed by atoms with van der Waals surface area (Å²) >= 11 is 0. The molecule has 35 heavy (non-hydrogen) atoms. The summed E-state index contributed by atoms with van der Waals surface area (Å²) in [5.74, 6) is 0.0246. The van der Waals surface area contributed by atoms with Gasteiger partial charge in [0.1, 0.15) is 5.75 Å². The fourth-order valence-electron chi connectivity index (χ4n) is 4.65. The van der Waals surface area contributed by atoms with Gasteiger partial charge in [-0.1, -0.05) is 54.6 Å². The third kappa shape index (κ3) is 5.04. The van der Waals surface area contributed by atoms with E-state index >= 15 is 0 Å². The molecular formula is C27H29N3O4S. The first-order chi connectivity index (χ1) is 17.0. The van der Waals surface area contributed by atoms with Crippen molar-refractivity contribution in [3.63, 3.8) is 0 Å². The Kier molecular flexibility index (Phi) is 6.74. The first-order valence-corrected chi connectivity index (χ1v) is 13.4. The molecule has 7 nitrogen and oxygen atoms in total. The van der Waals surface area contributed by atoms with Crippen molar-refractivity contribution >= 4 is 21.6 Å². The minimum atomic E-state index is -3.86. The highest BCUT2D eigenvalue weighted by molar-refractivity contribution is 7.92. The molecule has 5 rings (SSSR count). The van der Waals surface area contributed by atoms with Crippen LogP contribution in [0.1, 0.15) is 24.0 Å². The Hall–Kier alpha value is -3.36. The van der Waals surface area contributed by atoms with Gasteiger partial charge < -0.3 is 10.1 Å². The summed E-state index contributed by atoms with van der Waals surface area (Å²) in [4.78, 5) is 15.8. The van der Waals surface area contributed by atoms with E-state index in [4.69, 9.17) is 4.74 Å². The predicted molar refractivity (Wildman–Crippen MR) is 135 cm³/mol. The van der Waals surface area contributed by atoms with Gasteiger partial charge in [-0.15, -0.1) is 0 Å². The van der Waals surface area contributed by atoms with E-state index in [0.29, 0.717) is 18.0 Å². The first-order valence-electron chi connectivity index (χ1n) is 11.9. The number of nitrogens with zero attached hydrogens (tertiary/aromatic N) is 2. The lowest BCUT2D eigenvalue weighted by molar-refractivity contribution is -0.127. The van der Waals surface area contributed by atoms with Crippen LogP contribution >= 0.6 is 0 Å². The number of carbonyl (C=O) groups excluding carboxylic acids is 1. The van der Waals surface area contributed by atoms with E-state index in [1.165, 1.54) is 22.7 Å². The highest BCUT2D eigenvalue weighted by Crippen LogP contribution is 2.36. The molecule has 0 bridgehead atoms. The molecule has 1 saturated heterocycles.